The van der Waals surface area contributed by atoms with E-state index in [-0.39, 0.29) is 5.41 Å². The first-order chi connectivity index (χ1) is 9.38. The quantitative estimate of drug-likeness (QED) is 0.879. The number of ether oxygens (including phenoxy) is 3. The molecule has 1 atom stereocenters. The van der Waals surface area contributed by atoms with E-state index in [0.717, 1.165) is 37.8 Å². The molecule has 3 aliphatic rings. The van der Waals surface area contributed by atoms with Crippen LogP contribution in [0.1, 0.15) is 18.4 Å². The first-order valence-electron chi connectivity index (χ1n) is 7.07. The predicted molar refractivity (Wildman–Crippen MR) is 70.7 cm³/mol. The van der Waals surface area contributed by atoms with Crippen LogP contribution in [0.15, 0.2) is 18.2 Å². The van der Waals surface area contributed by atoms with Crippen LogP contribution in [0.4, 0.5) is 0 Å². The highest BCUT2D eigenvalue weighted by molar-refractivity contribution is 5.47. The molecule has 2 saturated heterocycles. The number of fused-ring (bicyclic) bond motifs is 1. The van der Waals surface area contributed by atoms with Crippen molar-refractivity contribution < 1.29 is 14.2 Å². The topological polar surface area (TPSA) is 39.7 Å². The Morgan fingerprint density at radius 3 is 2.79 bits per heavy atom. The Kier molecular flexibility index (Phi) is 2.67. The zero-order valence-corrected chi connectivity index (χ0v) is 11.0. The van der Waals surface area contributed by atoms with Crippen molar-refractivity contribution in [2.45, 2.75) is 18.3 Å². The van der Waals surface area contributed by atoms with Crippen LogP contribution in [-0.2, 0) is 10.2 Å². The highest BCUT2D eigenvalue weighted by atomic mass is 16.7. The van der Waals surface area contributed by atoms with E-state index in [9.17, 15) is 0 Å². The smallest absolute Gasteiger partial charge is 0.231 e. The van der Waals surface area contributed by atoms with Crippen LogP contribution in [0.3, 0.4) is 0 Å². The number of rotatable bonds is 2. The molecule has 0 radical (unpaired) electrons. The van der Waals surface area contributed by atoms with Crippen molar-refractivity contribution in [3.63, 3.8) is 0 Å². The van der Waals surface area contributed by atoms with Crippen molar-refractivity contribution in [3.05, 3.63) is 23.8 Å². The van der Waals surface area contributed by atoms with Gasteiger partial charge in [-0.25, -0.2) is 0 Å². The number of hydrogen-bond acceptors (Lipinski definition) is 4. The molecule has 0 amide bonds. The summed E-state index contributed by atoms with van der Waals surface area (Å²) in [5.74, 6) is 2.41. The minimum absolute atomic E-state index is 0.175. The maximum absolute atomic E-state index is 5.57. The van der Waals surface area contributed by atoms with Crippen LogP contribution in [0.25, 0.3) is 0 Å². The van der Waals surface area contributed by atoms with E-state index in [1.165, 1.54) is 18.4 Å². The molecule has 0 aromatic heterocycles. The summed E-state index contributed by atoms with van der Waals surface area (Å²) in [6, 6.07) is 6.37. The van der Waals surface area contributed by atoms with E-state index < -0.39 is 0 Å². The fraction of sp³-hybridized carbons (Fsp3) is 0.600. The number of benzene rings is 1. The molecule has 1 unspecified atom stereocenters. The molecule has 3 heterocycles. The second kappa shape index (κ2) is 4.39. The highest BCUT2D eigenvalue weighted by Gasteiger charge is 2.47. The van der Waals surface area contributed by atoms with Gasteiger partial charge in [-0.15, -0.1) is 0 Å². The highest BCUT2D eigenvalue weighted by Crippen LogP contribution is 2.45. The molecule has 1 aromatic rings. The Bertz CT molecular complexity index is 478. The van der Waals surface area contributed by atoms with Gasteiger partial charge in [0.15, 0.2) is 11.5 Å². The lowest BCUT2D eigenvalue weighted by Gasteiger charge is -2.49. The van der Waals surface area contributed by atoms with Crippen LogP contribution in [-0.4, -0.2) is 33.1 Å². The molecule has 1 N–H and O–H groups in total. The van der Waals surface area contributed by atoms with Gasteiger partial charge in [-0.1, -0.05) is 6.07 Å². The third kappa shape index (κ3) is 1.74. The minimum Gasteiger partial charge on any atom is -0.454 e. The average molecular weight is 261 g/mol. The summed E-state index contributed by atoms with van der Waals surface area (Å²) >= 11 is 0. The van der Waals surface area contributed by atoms with Crippen LogP contribution in [0.2, 0.25) is 0 Å². The van der Waals surface area contributed by atoms with Gasteiger partial charge in [-0.2, -0.15) is 0 Å². The second-order valence-corrected chi connectivity index (χ2v) is 5.76. The van der Waals surface area contributed by atoms with Crippen molar-refractivity contribution in [1.29, 1.82) is 0 Å². The molecule has 4 heteroatoms. The first-order valence-corrected chi connectivity index (χ1v) is 7.07. The van der Waals surface area contributed by atoms with Crippen molar-refractivity contribution in [2.24, 2.45) is 5.92 Å². The monoisotopic (exact) mass is 261 g/mol. The second-order valence-electron chi connectivity index (χ2n) is 5.76. The summed E-state index contributed by atoms with van der Waals surface area (Å²) in [7, 11) is 0. The van der Waals surface area contributed by atoms with E-state index in [1.807, 2.05) is 6.07 Å². The normalized spacial score (nSPS) is 27.9. The van der Waals surface area contributed by atoms with Gasteiger partial charge in [0.1, 0.15) is 0 Å². The summed E-state index contributed by atoms with van der Waals surface area (Å²) in [6.45, 7) is 4.25. The number of hydrogen-bond donors (Lipinski definition) is 1. The van der Waals surface area contributed by atoms with Gasteiger partial charge in [0.2, 0.25) is 6.79 Å². The zero-order valence-electron chi connectivity index (χ0n) is 11.0. The van der Waals surface area contributed by atoms with E-state index in [2.05, 4.69) is 17.4 Å². The van der Waals surface area contributed by atoms with Gasteiger partial charge in [0.05, 0.1) is 13.2 Å². The van der Waals surface area contributed by atoms with E-state index in [1.54, 1.807) is 0 Å². The third-order valence-electron chi connectivity index (χ3n) is 4.75. The molecule has 0 spiro atoms. The van der Waals surface area contributed by atoms with Crippen molar-refractivity contribution in [3.8, 4) is 11.5 Å². The van der Waals surface area contributed by atoms with Gasteiger partial charge in [0.25, 0.3) is 0 Å². The summed E-state index contributed by atoms with van der Waals surface area (Å²) < 4.78 is 16.5. The number of nitrogens with one attached hydrogen (secondary N) is 1. The van der Waals surface area contributed by atoms with Crippen LogP contribution in [0, 0.1) is 5.92 Å². The van der Waals surface area contributed by atoms with Gasteiger partial charge in [0, 0.05) is 5.41 Å². The van der Waals surface area contributed by atoms with Gasteiger partial charge < -0.3 is 19.5 Å². The molecular formula is C15H19NO3. The molecule has 2 fully saturated rings. The Labute approximate surface area is 113 Å². The molecule has 0 aliphatic carbocycles. The minimum atomic E-state index is 0.175. The lowest BCUT2D eigenvalue weighted by molar-refractivity contribution is -0.0948. The molecular weight excluding hydrogens is 242 g/mol. The largest absolute Gasteiger partial charge is 0.454 e. The maximum atomic E-state index is 5.57. The molecule has 19 heavy (non-hydrogen) atoms. The lowest BCUT2D eigenvalue weighted by atomic mass is 9.66. The van der Waals surface area contributed by atoms with Gasteiger partial charge in [-0.3, -0.25) is 0 Å². The Hall–Kier alpha value is -1.26. The van der Waals surface area contributed by atoms with Crippen molar-refractivity contribution in [1.82, 2.24) is 5.32 Å². The molecule has 0 bridgehead atoms. The first kappa shape index (κ1) is 11.6. The molecule has 0 saturated carbocycles. The Morgan fingerprint density at radius 1 is 1.16 bits per heavy atom. The Balaban J connectivity index is 1.68. The average Bonchev–Trinajstić information content (AvgIpc) is 2.86. The molecule has 3 aliphatic heterocycles. The zero-order chi connectivity index (χ0) is 12.7. The number of piperidine rings is 1. The van der Waals surface area contributed by atoms with Gasteiger partial charge in [-0.05, 0) is 49.5 Å². The van der Waals surface area contributed by atoms with E-state index in [4.69, 9.17) is 14.2 Å². The fourth-order valence-corrected chi connectivity index (χ4v) is 3.49. The fourth-order valence-electron chi connectivity index (χ4n) is 3.49. The molecule has 102 valence electrons. The van der Waals surface area contributed by atoms with Crippen molar-refractivity contribution >= 4 is 0 Å². The SMILES string of the molecule is c1cc2c(cc1C1(C3CCCNC3)COC1)OCO2. The lowest BCUT2D eigenvalue weighted by Crippen LogP contribution is -2.56. The summed E-state index contributed by atoms with van der Waals surface area (Å²) in [4.78, 5) is 0. The predicted octanol–water partition coefficient (Wildman–Crippen LogP) is 1.68. The standard InChI is InChI=1S/C15H19NO3/c1-2-12(7-16-5-1)15(8-17-9-15)11-3-4-13-14(6-11)19-10-18-13/h3-4,6,12,16H,1-2,5,7-10H2. The van der Waals surface area contributed by atoms with E-state index in [0.29, 0.717) is 12.7 Å². The molecule has 1 aromatic carbocycles. The summed E-state index contributed by atoms with van der Waals surface area (Å²) in [5, 5.41) is 3.52. The maximum Gasteiger partial charge on any atom is 0.231 e. The summed E-state index contributed by atoms with van der Waals surface area (Å²) in [5.41, 5.74) is 1.52. The van der Waals surface area contributed by atoms with E-state index >= 15 is 0 Å². The summed E-state index contributed by atoms with van der Waals surface area (Å²) in [6.07, 6.45) is 2.54. The van der Waals surface area contributed by atoms with Crippen molar-refractivity contribution in [2.75, 3.05) is 33.1 Å². The molecule has 4 rings (SSSR count). The third-order valence-corrected chi connectivity index (χ3v) is 4.75. The van der Waals surface area contributed by atoms with Crippen LogP contribution < -0.4 is 14.8 Å². The van der Waals surface area contributed by atoms with Crippen LogP contribution in [0.5, 0.6) is 11.5 Å². The molecule has 4 nitrogen and oxygen atoms in total. The van der Waals surface area contributed by atoms with Gasteiger partial charge >= 0.3 is 0 Å². The van der Waals surface area contributed by atoms with Crippen LogP contribution >= 0.6 is 0 Å². The Morgan fingerprint density at radius 2 is 2.05 bits per heavy atom.